The van der Waals surface area contributed by atoms with E-state index in [1.165, 1.54) is 6.07 Å². The smallest absolute Gasteiger partial charge is 0.294 e. The van der Waals surface area contributed by atoms with E-state index in [1.54, 1.807) is 51.1 Å². The predicted molar refractivity (Wildman–Crippen MR) is 284 cm³/mol. The monoisotopic (exact) mass is 1000 g/mol. The van der Waals surface area contributed by atoms with Crippen LogP contribution in [0.2, 0.25) is 0 Å². The minimum Gasteiger partial charge on any atom is -0.341 e. The van der Waals surface area contributed by atoms with Gasteiger partial charge in [-0.25, -0.2) is 16.8 Å². The molecule has 0 saturated carbocycles. The van der Waals surface area contributed by atoms with E-state index < -0.39 is 36.1 Å². The number of hydrogen-bond donors (Lipinski definition) is 1. The minimum absolute atomic E-state index is 0.173. The Labute approximate surface area is 415 Å². The maximum Gasteiger partial charge on any atom is 0.294 e. The van der Waals surface area contributed by atoms with Crippen LogP contribution in [0.3, 0.4) is 0 Å². The fourth-order valence-corrected chi connectivity index (χ4v) is 12.4. The molecule has 5 aromatic carbocycles. The molecule has 0 bridgehead atoms. The molecular weight excluding hydrogens is 925 g/mol. The van der Waals surface area contributed by atoms with Gasteiger partial charge >= 0.3 is 0 Å². The van der Waals surface area contributed by atoms with Crippen molar-refractivity contribution < 1.29 is 29.8 Å². The molecule has 0 fully saturated rings. The Kier molecular flexibility index (Phi) is 21.3. The molecule has 14 heteroatoms. The van der Waals surface area contributed by atoms with Gasteiger partial charge in [0.2, 0.25) is 20.0 Å². The summed E-state index contributed by atoms with van der Waals surface area (Å²) in [5, 5.41) is 0. The van der Waals surface area contributed by atoms with Gasteiger partial charge in [0.05, 0.1) is 14.7 Å². The number of unbranched alkanes of at least 4 members (excludes halogenated alkanes) is 6. The van der Waals surface area contributed by atoms with Crippen LogP contribution < -0.4 is 9.80 Å². The summed E-state index contributed by atoms with van der Waals surface area (Å²) in [6.07, 6.45) is 10.6. The van der Waals surface area contributed by atoms with E-state index in [0.29, 0.717) is 44.8 Å². The zero-order valence-corrected chi connectivity index (χ0v) is 44.2. The van der Waals surface area contributed by atoms with Crippen LogP contribution in [0.1, 0.15) is 141 Å². The molecule has 0 aliphatic rings. The van der Waals surface area contributed by atoms with Crippen molar-refractivity contribution in [2.75, 3.05) is 49.1 Å². The summed E-state index contributed by atoms with van der Waals surface area (Å²) in [4.78, 5) is 4.73. The third-order valence-electron chi connectivity index (χ3n) is 12.7. The zero-order chi connectivity index (χ0) is 50.0. The highest BCUT2D eigenvalue weighted by atomic mass is 32.2. The van der Waals surface area contributed by atoms with Crippen LogP contribution >= 0.6 is 0 Å². The largest absolute Gasteiger partial charge is 0.341 e. The van der Waals surface area contributed by atoms with Crippen molar-refractivity contribution in [3.63, 3.8) is 0 Å². The summed E-state index contributed by atoms with van der Waals surface area (Å²) in [5.41, 5.74) is 5.56. The van der Waals surface area contributed by atoms with Gasteiger partial charge in [-0.2, -0.15) is 17.0 Å². The molecule has 0 unspecified atom stereocenters. The Morgan fingerprint density at radius 1 is 0.391 bits per heavy atom. The Balaban J connectivity index is 1.51. The molecule has 11 nitrogen and oxygen atoms in total. The molecule has 0 heterocycles. The quantitative estimate of drug-likeness (QED) is 0.0352. The van der Waals surface area contributed by atoms with Crippen LogP contribution in [-0.2, 0) is 30.2 Å². The first kappa shape index (κ1) is 55.4. The number of sulfonamides is 2. The van der Waals surface area contributed by atoms with Gasteiger partial charge in [-0.15, -0.1) is 0 Å². The van der Waals surface area contributed by atoms with Gasteiger partial charge in [0.15, 0.2) is 0 Å². The second-order valence-electron chi connectivity index (χ2n) is 17.8. The Bertz CT molecular complexity index is 2500. The van der Waals surface area contributed by atoms with E-state index in [9.17, 15) is 29.8 Å². The zero-order valence-electron chi connectivity index (χ0n) is 41.8. The number of nitrogens with zero attached hydrogens (tertiary/aromatic N) is 4. The molecule has 0 aliphatic heterocycles. The summed E-state index contributed by atoms with van der Waals surface area (Å²) in [6, 6.07) is 36.8. The molecule has 0 amide bonds. The van der Waals surface area contributed by atoms with Gasteiger partial charge in [0, 0.05) is 67.9 Å². The van der Waals surface area contributed by atoms with Gasteiger partial charge < -0.3 is 9.80 Å². The van der Waals surface area contributed by atoms with E-state index in [-0.39, 0.29) is 14.7 Å². The first-order valence-corrected chi connectivity index (χ1v) is 29.5. The molecule has 1 N–H and O–H groups in total. The number of benzene rings is 5. The number of hydrogen-bond acceptors (Lipinski definition) is 8. The molecule has 0 aromatic heterocycles. The first-order valence-electron chi connectivity index (χ1n) is 25.2. The van der Waals surface area contributed by atoms with E-state index in [2.05, 4.69) is 51.3 Å². The fraction of sp³-hybridized carbons (Fsp3) is 0.455. The molecule has 5 rings (SSSR count). The molecule has 0 atom stereocenters. The number of rotatable bonds is 30. The molecule has 0 radical (unpaired) electrons. The van der Waals surface area contributed by atoms with E-state index >= 15 is 0 Å². The Morgan fingerprint density at radius 2 is 0.681 bits per heavy atom. The minimum atomic E-state index is -4.60. The summed E-state index contributed by atoms with van der Waals surface area (Å²) in [5.74, 6) is -0.583. The van der Waals surface area contributed by atoms with Gasteiger partial charge in [0.25, 0.3) is 10.1 Å². The molecule has 0 spiro atoms. The van der Waals surface area contributed by atoms with Crippen LogP contribution in [0.5, 0.6) is 0 Å². The van der Waals surface area contributed by atoms with Crippen LogP contribution in [0.15, 0.2) is 136 Å². The topological polar surface area (TPSA) is 136 Å². The average Bonchev–Trinajstić information content (AvgIpc) is 3.35. The standard InChI is InChI=1S/C55H76N4O7S3/c1-7-13-39-56(40-14-8-2)67(60,61)51-35-31-49(32-36-51)58(43-17-11-5)47-27-23-45(24-28-47)55(53-21-19-20-22-54(53)69(64,65)66)46-25-29-48(30-26-46)59(44-18-12-6)50-33-37-52(38-34-50)68(62,63)57(41-15-9-3)42-16-10-4/h19-38,55H,7-18,39-44H2,1-6H3,(H,64,65,66). The van der Waals surface area contributed by atoms with Gasteiger partial charge in [0.1, 0.15) is 0 Å². The third kappa shape index (κ3) is 14.5. The molecule has 0 saturated heterocycles. The highest BCUT2D eigenvalue weighted by molar-refractivity contribution is 7.89. The lowest BCUT2D eigenvalue weighted by Gasteiger charge is -2.28. The highest BCUT2D eigenvalue weighted by Crippen LogP contribution is 2.39. The molecule has 69 heavy (non-hydrogen) atoms. The van der Waals surface area contributed by atoms with Crippen LogP contribution in [0.4, 0.5) is 22.7 Å². The van der Waals surface area contributed by atoms with E-state index in [4.69, 9.17) is 0 Å². The van der Waals surface area contributed by atoms with Crippen molar-refractivity contribution in [1.29, 1.82) is 0 Å². The van der Waals surface area contributed by atoms with Gasteiger partial charge in [-0.1, -0.05) is 123 Å². The SMILES string of the molecule is CCCCN(c1ccc(C(c2ccc(N(CCCC)c3ccc(S(=O)(=O)N(CCCC)CCCC)cc3)cc2)c2ccccc2S(=O)(=O)O)cc1)c1ccc(S(=O)(=O)N(CCCC)CCCC)cc1. The molecular formula is C55H76N4O7S3. The maximum absolute atomic E-state index is 13.8. The van der Waals surface area contributed by atoms with Crippen molar-refractivity contribution in [3.05, 3.63) is 138 Å². The van der Waals surface area contributed by atoms with Crippen LogP contribution in [0, 0.1) is 0 Å². The van der Waals surface area contributed by atoms with Gasteiger partial charge in [-0.05, 0) is 134 Å². The van der Waals surface area contributed by atoms with Crippen molar-refractivity contribution in [2.24, 2.45) is 0 Å². The lowest BCUT2D eigenvalue weighted by atomic mass is 9.85. The van der Waals surface area contributed by atoms with E-state index in [0.717, 1.165) is 111 Å². The Morgan fingerprint density at radius 3 is 0.986 bits per heavy atom. The fourth-order valence-electron chi connectivity index (χ4n) is 8.58. The first-order chi connectivity index (χ1) is 33.2. The molecule has 376 valence electrons. The van der Waals surface area contributed by atoms with Crippen LogP contribution in [-0.4, -0.2) is 77.7 Å². The van der Waals surface area contributed by atoms with Crippen molar-refractivity contribution in [2.45, 2.75) is 139 Å². The van der Waals surface area contributed by atoms with Crippen molar-refractivity contribution in [1.82, 2.24) is 8.61 Å². The summed E-state index contributed by atoms with van der Waals surface area (Å²) in [6.45, 7) is 15.9. The lowest BCUT2D eigenvalue weighted by Crippen LogP contribution is -2.33. The third-order valence-corrected chi connectivity index (χ3v) is 17.4. The summed E-state index contributed by atoms with van der Waals surface area (Å²) < 4.78 is 94.7. The van der Waals surface area contributed by atoms with Crippen molar-refractivity contribution in [3.8, 4) is 0 Å². The normalized spacial score (nSPS) is 12.3. The van der Waals surface area contributed by atoms with Crippen molar-refractivity contribution >= 4 is 52.9 Å². The second kappa shape index (κ2) is 26.6. The average molecular weight is 1000 g/mol. The second-order valence-corrected chi connectivity index (χ2v) is 23.1. The molecule has 0 aliphatic carbocycles. The van der Waals surface area contributed by atoms with Crippen LogP contribution in [0.25, 0.3) is 0 Å². The van der Waals surface area contributed by atoms with E-state index in [1.807, 2.05) is 72.8 Å². The van der Waals surface area contributed by atoms with Gasteiger partial charge in [-0.3, -0.25) is 4.55 Å². The lowest BCUT2D eigenvalue weighted by molar-refractivity contribution is 0.395. The molecule has 5 aromatic rings. The maximum atomic E-state index is 13.8. The number of anilines is 4. The predicted octanol–water partition coefficient (Wildman–Crippen LogP) is 13.2. The summed E-state index contributed by atoms with van der Waals surface area (Å²) >= 11 is 0. The summed E-state index contributed by atoms with van der Waals surface area (Å²) in [7, 11) is -11.9. The highest BCUT2D eigenvalue weighted by Gasteiger charge is 2.28. The Hall–Kier alpha value is -4.57.